The molecule has 20 heavy (non-hydrogen) atoms. The molecule has 0 spiro atoms. The summed E-state index contributed by atoms with van der Waals surface area (Å²) in [5.74, 6) is 0.772. The number of rotatable bonds is 1. The molecule has 2 nitrogen and oxygen atoms in total. The SMILES string of the molecule is N[C@@H]1CC(c2cc(Br)ccc2Cl)Oc2ccc(Cl)cc21. The zero-order chi connectivity index (χ0) is 14.3. The first-order valence-corrected chi connectivity index (χ1v) is 7.76. The van der Waals surface area contributed by atoms with Crippen LogP contribution in [0.1, 0.15) is 29.7 Å². The Hall–Kier alpha value is -0.740. The minimum Gasteiger partial charge on any atom is -0.485 e. The van der Waals surface area contributed by atoms with E-state index in [4.69, 9.17) is 33.7 Å². The van der Waals surface area contributed by atoms with Crippen molar-refractivity contribution >= 4 is 39.1 Å². The highest BCUT2D eigenvalue weighted by atomic mass is 79.9. The van der Waals surface area contributed by atoms with E-state index in [0.717, 1.165) is 21.3 Å². The molecule has 0 bridgehead atoms. The van der Waals surface area contributed by atoms with Crippen molar-refractivity contribution in [3.63, 3.8) is 0 Å². The fourth-order valence-corrected chi connectivity index (χ4v) is 3.23. The Morgan fingerprint density at radius 3 is 2.70 bits per heavy atom. The zero-order valence-corrected chi connectivity index (χ0v) is 13.5. The van der Waals surface area contributed by atoms with Crippen LogP contribution in [-0.2, 0) is 0 Å². The Bertz CT molecular complexity index is 662. The monoisotopic (exact) mass is 371 g/mol. The average Bonchev–Trinajstić information content (AvgIpc) is 2.42. The van der Waals surface area contributed by atoms with Crippen molar-refractivity contribution in [1.82, 2.24) is 0 Å². The molecule has 0 amide bonds. The molecule has 2 atom stereocenters. The second-order valence-corrected chi connectivity index (χ2v) is 6.56. The van der Waals surface area contributed by atoms with E-state index in [0.29, 0.717) is 16.5 Å². The van der Waals surface area contributed by atoms with Gasteiger partial charge in [0.15, 0.2) is 0 Å². The van der Waals surface area contributed by atoms with Gasteiger partial charge in [0, 0.05) is 38.1 Å². The van der Waals surface area contributed by atoms with Gasteiger partial charge in [0.2, 0.25) is 0 Å². The molecule has 0 saturated heterocycles. The third-order valence-corrected chi connectivity index (χ3v) is 4.49. The van der Waals surface area contributed by atoms with Gasteiger partial charge in [-0.1, -0.05) is 39.1 Å². The highest BCUT2D eigenvalue weighted by molar-refractivity contribution is 9.10. The van der Waals surface area contributed by atoms with Gasteiger partial charge in [-0.15, -0.1) is 0 Å². The van der Waals surface area contributed by atoms with Crippen LogP contribution in [0.4, 0.5) is 0 Å². The maximum absolute atomic E-state index is 6.27. The summed E-state index contributed by atoms with van der Waals surface area (Å²) in [6.07, 6.45) is 0.521. The van der Waals surface area contributed by atoms with E-state index in [1.807, 2.05) is 30.3 Å². The van der Waals surface area contributed by atoms with E-state index in [-0.39, 0.29) is 12.1 Å². The van der Waals surface area contributed by atoms with Crippen LogP contribution in [0.2, 0.25) is 10.0 Å². The fraction of sp³-hybridized carbons (Fsp3) is 0.200. The van der Waals surface area contributed by atoms with Crippen molar-refractivity contribution in [1.29, 1.82) is 0 Å². The summed E-state index contributed by atoms with van der Waals surface area (Å²) in [5.41, 5.74) is 8.12. The molecule has 104 valence electrons. The summed E-state index contributed by atoms with van der Waals surface area (Å²) in [6.45, 7) is 0. The average molecular weight is 373 g/mol. The Morgan fingerprint density at radius 2 is 1.90 bits per heavy atom. The summed E-state index contributed by atoms with van der Waals surface area (Å²) in [6, 6.07) is 11.1. The van der Waals surface area contributed by atoms with Crippen molar-refractivity contribution in [3.8, 4) is 5.75 Å². The first kappa shape index (κ1) is 14.2. The maximum Gasteiger partial charge on any atom is 0.127 e. The number of hydrogen-bond acceptors (Lipinski definition) is 2. The normalized spacial score (nSPS) is 21.2. The summed E-state index contributed by atoms with van der Waals surface area (Å²) in [5, 5.41) is 1.35. The highest BCUT2D eigenvalue weighted by Gasteiger charge is 2.28. The minimum absolute atomic E-state index is 0.113. The van der Waals surface area contributed by atoms with Gasteiger partial charge in [0.05, 0.1) is 0 Å². The molecule has 0 fully saturated rings. The second-order valence-electron chi connectivity index (χ2n) is 4.80. The molecule has 1 heterocycles. The quantitative estimate of drug-likeness (QED) is 0.738. The zero-order valence-electron chi connectivity index (χ0n) is 10.4. The molecule has 2 N–H and O–H groups in total. The standard InChI is InChI=1S/C15H12BrCl2NO/c16-8-1-3-12(18)10(5-8)15-7-13(19)11-6-9(17)2-4-14(11)20-15/h1-6,13,15H,7,19H2/t13-,15?/m1/s1. The molecular formula is C15H12BrCl2NO. The summed E-state index contributed by atoms with van der Waals surface area (Å²) in [7, 11) is 0. The molecular weight excluding hydrogens is 361 g/mol. The molecule has 2 aromatic rings. The third kappa shape index (κ3) is 2.68. The maximum atomic E-state index is 6.27. The lowest BCUT2D eigenvalue weighted by Crippen LogP contribution is -2.24. The molecule has 0 radical (unpaired) electrons. The number of halogens is 3. The first-order chi connectivity index (χ1) is 9.54. The topological polar surface area (TPSA) is 35.2 Å². The number of ether oxygens (including phenoxy) is 1. The van der Waals surface area contributed by atoms with E-state index in [9.17, 15) is 0 Å². The molecule has 0 saturated carbocycles. The van der Waals surface area contributed by atoms with Crippen LogP contribution in [0.3, 0.4) is 0 Å². The smallest absolute Gasteiger partial charge is 0.127 e. The summed E-state index contributed by atoms with van der Waals surface area (Å²) < 4.78 is 7.00. The van der Waals surface area contributed by atoms with Crippen LogP contribution in [0.5, 0.6) is 5.75 Å². The molecule has 0 aromatic heterocycles. The second kappa shape index (κ2) is 5.57. The van der Waals surface area contributed by atoms with Crippen molar-refractivity contribution in [3.05, 3.63) is 62.0 Å². The predicted molar refractivity (Wildman–Crippen MR) is 85.5 cm³/mol. The van der Waals surface area contributed by atoms with Gasteiger partial charge in [-0.2, -0.15) is 0 Å². The Morgan fingerprint density at radius 1 is 1.10 bits per heavy atom. The van der Waals surface area contributed by atoms with Gasteiger partial charge < -0.3 is 10.5 Å². The summed E-state index contributed by atoms with van der Waals surface area (Å²) in [4.78, 5) is 0. The lowest BCUT2D eigenvalue weighted by molar-refractivity contribution is 0.161. The van der Waals surface area contributed by atoms with E-state index in [2.05, 4.69) is 15.9 Å². The van der Waals surface area contributed by atoms with Gasteiger partial charge in [-0.05, 0) is 36.4 Å². The van der Waals surface area contributed by atoms with E-state index in [1.54, 1.807) is 6.07 Å². The molecule has 2 aromatic carbocycles. The first-order valence-electron chi connectivity index (χ1n) is 6.21. The summed E-state index contributed by atoms with van der Waals surface area (Å²) >= 11 is 15.7. The Balaban J connectivity index is 1.99. The minimum atomic E-state index is -0.149. The molecule has 1 aliphatic rings. The van der Waals surface area contributed by atoms with Gasteiger partial charge in [0.25, 0.3) is 0 Å². The number of nitrogens with two attached hydrogens (primary N) is 1. The Kier molecular flexibility index (Phi) is 3.95. The van der Waals surface area contributed by atoms with Crippen LogP contribution in [0, 0.1) is 0 Å². The lowest BCUT2D eigenvalue weighted by Gasteiger charge is -2.31. The Labute approximate surface area is 136 Å². The van der Waals surface area contributed by atoms with Crippen LogP contribution < -0.4 is 10.5 Å². The van der Waals surface area contributed by atoms with Gasteiger partial charge >= 0.3 is 0 Å². The van der Waals surface area contributed by atoms with Crippen LogP contribution in [-0.4, -0.2) is 0 Å². The van der Waals surface area contributed by atoms with Crippen LogP contribution >= 0.6 is 39.1 Å². The molecule has 3 rings (SSSR count). The largest absolute Gasteiger partial charge is 0.485 e. The molecule has 1 aliphatic heterocycles. The predicted octanol–water partition coefficient (Wildman–Crippen LogP) is 5.28. The highest BCUT2D eigenvalue weighted by Crippen LogP contribution is 2.42. The van der Waals surface area contributed by atoms with Crippen molar-refractivity contribution in [2.24, 2.45) is 5.73 Å². The molecule has 0 aliphatic carbocycles. The van der Waals surface area contributed by atoms with Gasteiger partial charge in [0.1, 0.15) is 11.9 Å². The number of hydrogen-bond donors (Lipinski definition) is 1. The van der Waals surface area contributed by atoms with Crippen LogP contribution in [0.15, 0.2) is 40.9 Å². The van der Waals surface area contributed by atoms with Crippen molar-refractivity contribution in [2.75, 3.05) is 0 Å². The lowest BCUT2D eigenvalue weighted by atomic mass is 9.93. The number of benzene rings is 2. The molecule has 5 heteroatoms. The number of fused-ring (bicyclic) bond motifs is 1. The van der Waals surface area contributed by atoms with E-state index in [1.165, 1.54) is 0 Å². The van der Waals surface area contributed by atoms with E-state index < -0.39 is 0 Å². The van der Waals surface area contributed by atoms with Crippen molar-refractivity contribution < 1.29 is 4.74 Å². The van der Waals surface area contributed by atoms with Gasteiger partial charge in [-0.3, -0.25) is 0 Å². The van der Waals surface area contributed by atoms with Crippen LogP contribution in [0.25, 0.3) is 0 Å². The van der Waals surface area contributed by atoms with Crippen molar-refractivity contribution in [2.45, 2.75) is 18.6 Å². The van der Waals surface area contributed by atoms with E-state index >= 15 is 0 Å². The fourth-order valence-electron chi connectivity index (χ4n) is 2.43. The van der Waals surface area contributed by atoms with Gasteiger partial charge in [-0.25, -0.2) is 0 Å². The third-order valence-electron chi connectivity index (χ3n) is 3.41. The molecule has 1 unspecified atom stereocenters.